The second kappa shape index (κ2) is 8.16. The third-order valence-corrected chi connectivity index (χ3v) is 5.82. The maximum atomic E-state index is 11.6. The number of hydrogen-bond donors (Lipinski definition) is 3. The summed E-state index contributed by atoms with van der Waals surface area (Å²) in [4.78, 5) is 18.1. The number of hydrogen-bond acceptors (Lipinski definition) is 5. The minimum atomic E-state index is -0.159. The zero-order valence-corrected chi connectivity index (χ0v) is 18.2. The molecule has 0 unspecified atom stereocenters. The lowest BCUT2D eigenvalue weighted by molar-refractivity contribution is 0.756. The number of rotatable bonds is 2. The lowest BCUT2D eigenvalue weighted by Crippen LogP contribution is -2.38. The molecule has 1 atom stereocenters. The van der Waals surface area contributed by atoms with Gasteiger partial charge in [0.25, 0.3) is 0 Å². The van der Waals surface area contributed by atoms with E-state index in [4.69, 9.17) is 10.8 Å². The number of nitrogens with zero attached hydrogens (tertiary/aromatic N) is 3. The average molecular weight is 425 g/mol. The molecule has 1 aliphatic heterocycles. The summed E-state index contributed by atoms with van der Waals surface area (Å²) in [5, 5.41) is 26.3. The summed E-state index contributed by atoms with van der Waals surface area (Å²) in [7, 11) is 0. The van der Waals surface area contributed by atoms with Gasteiger partial charge in [-0.05, 0) is 66.9 Å². The number of aromatic amines is 1. The number of benzene rings is 2. The lowest BCUT2D eigenvalue weighted by atomic mass is 9.98. The molecule has 2 aromatic carbocycles. The van der Waals surface area contributed by atoms with Crippen LogP contribution in [0.4, 0.5) is 17.1 Å². The van der Waals surface area contributed by atoms with E-state index in [0.29, 0.717) is 17.9 Å². The summed E-state index contributed by atoms with van der Waals surface area (Å²) in [6.45, 7) is 6.25. The minimum absolute atomic E-state index is 0.130. The summed E-state index contributed by atoms with van der Waals surface area (Å²) >= 11 is 0. The van der Waals surface area contributed by atoms with Gasteiger partial charge in [0.2, 0.25) is 5.56 Å². The van der Waals surface area contributed by atoms with E-state index in [9.17, 15) is 10.1 Å². The number of H-pyrrole nitrogens is 1. The van der Waals surface area contributed by atoms with Crippen molar-refractivity contribution in [2.75, 3.05) is 16.3 Å². The van der Waals surface area contributed by atoms with Gasteiger partial charge in [0.05, 0.1) is 23.0 Å². The van der Waals surface area contributed by atoms with Gasteiger partial charge >= 0.3 is 0 Å². The molecule has 0 radical (unpaired) electrons. The minimum Gasteiger partial charge on any atom is -0.339 e. The van der Waals surface area contributed by atoms with Crippen LogP contribution in [-0.4, -0.2) is 23.2 Å². The van der Waals surface area contributed by atoms with Crippen LogP contribution in [0.1, 0.15) is 25.0 Å². The molecule has 3 N–H and O–H groups in total. The van der Waals surface area contributed by atoms with Crippen molar-refractivity contribution in [3.8, 4) is 17.2 Å². The van der Waals surface area contributed by atoms with E-state index < -0.39 is 0 Å². The molecule has 160 valence electrons. The number of pyridine rings is 1. The van der Waals surface area contributed by atoms with Crippen molar-refractivity contribution in [3.05, 3.63) is 76.2 Å². The van der Waals surface area contributed by atoms with Crippen molar-refractivity contribution in [3.63, 3.8) is 0 Å². The molecule has 7 nitrogen and oxygen atoms in total. The van der Waals surface area contributed by atoms with Crippen LogP contribution in [0, 0.1) is 35.0 Å². The normalized spacial score (nSPS) is 15.7. The van der Waals surface area contributed by atoms with Gasteiger partial charge in [-0.15, -0.1) is 0 Å². The fraction of sp³-hybridized carbons (Fsp3) is 0.200. The van der Waals surface area contributed by atoms with Crippen molar-refractivity contribution in [1.82, 2.24) is 4.98 Å². The highest BCUT2D eigenvalue weighted by atomic mass is 16.1. The van der Waals surface area contributed by atoms with E-state index in [2.05, 4.69) is 16.0 Å². The SMILES string of the molecule is CC(=N)N1C(=N)[C@H](C)CN(c2ccc(C#N)cc2)c2c1ccc(-c1ccc(=O)[nH]c1)c2C. The summed E-state index contributed by atoms with van der Waals surface area (Å²) in [5.41, 5.74) is 5.83. The van der Waals surface area contributed by atoms with Crippen molar-refractivity contribution < 1.29 is 0 Å². The molecule has 0 amide bonds. The Morgan fingerprint density at radius 1 is 1.16 bits per heavy atom. The number of anilines is 3. The molecule has 1 aromatic heterocycles. The topological polar surface area (TPSA) is 111 Å². The third kappa shape index (κ3) is 3.56. The van der Waals surface area contributed by atoms with Crippen LogP contribution in [0.2, 0.25) is 0 Å². The van der Waals surface area contributed by atoms with Crippen LogP contribution in [-0.2, 0) is 0 Å². The maximum absolute atomic E-state index is 11.6. The largest absolute Gasteiger partial charge is 0.339 e. The molecule has 0 saturated heterocycles. The molecular formula is C25H24N6O. The number of nitrogens with one attached hydrogen (secondary N) is 3. The summed E-state index contributed by atoms with van der Waals surface area (Å²) in [6.07, 6.45) is 1.70. The van der Waals surface area contributed by atoms with Gasteiger partial charge in [-0.1, -0.05) is 13.0 Å². The van der Waals surface area contributed by atoms with Crippen LogP contribution in [0.25, 0.3) is 11.1 Å². The van der Waals surface area contributed by atoms with Crippen molar-refractivity contribution in [2.24, 2.45) is 5.92 Å². The Hall–Kier alpha value is -4.18. The number of aromatic nitrogens is 1. The Morgan fingerprint density at radius 2 is 1.88 bits per heavy atom. The van der Waals surface area contributed by atoms with Gasteiger partial charge in [0.1, 0.15) is 11.7 Å². The van der Waals surface area contributed by atoms with Gasteiger partial charge in [-0.2, -0.15) is 5.26 Å². The first-order chi connectivity index (χ1) is 15.3. The highest BCUT2D eigenvalue weighted by Crippen LogP contribution is 2.44. The standard InChI is InChI=1S/C25H24N6O/c1-15-14-30(20-7-4-18(12-26)5-8-20)24-16(2)21(19-6-11-23(32)29-13-19)9-10-22(24)31(17(3)27)25(15)28/h4-11,13,15,27-28H,14H2,1-3H3,(H,29,32)/t15-/m1/s1. The van der Waals surface area contributed by atoms with Gasteiger partial charge < -0.3 is 9.88 Å². The van der Waals surface area contributed by atoms with E-state index in [0.717, 1.165) is 33.8 Å². The molecule has 2 heterocycles. The Morgan fingerprint density at radius 3 is 2.47 bits per heavy atom. The molecule has 0 bridgehead atoms. The number of amidine groups is 2. The van der Waals surface area contributed by atoms with Gasteiger partial charge in [-0.3, -0.25) is 20.5 Å². The summed E-state index contributed by atoms with van der Waals surface area (Å²) in [5.74, 6) is 0.515. The first kappa shape index (κ1) is 21.1. The van der Waals surface area contributed by atoms with E-state index in [1.807, 2.05) is 38.1 Å². The Kier molecular flexibility index (Phi) is 5.37. The second-order valence-electron chi connectivity index (χ2n) is 8.02. The highest BCUT2D eigenvalue weighted by Gasteiger charge is 2.32. The summed E-state index contributed by atoms with van der Waals surface area (Å²) in [6, 6.07) is 16.8. The molecule has 0 aliphatic carbocycles. The fourth-order valence-corrected chi connectivity index (χ4v) is 4.21. The van der Waals surface area contributed by atoms with Crippen LogP contribution < -0.4 is 15.4 Å². The smallest absolute Gasteiger partial charge is 0.247 e. The summed E-state index contributed by atoms with van der Waals surface area (Å²) < 4.78 is 0. The van der Waals surface area contributed by atoms with Gasteiger partial charge in [0, 0.05) is 30.4 Å². The first-order valence-electron chi connectivity index (χ1n) is 10.4. The molecule has 0 fully saturated rings. The van der Waals surface area contributed by atoms with Crippen LogP contribution >= 0.6 is 0 Å². The molecule has 1 aliphatic rings. The molecule has 7 heteroatoms. The van der Waals surface area contributed by atoms with E-state index >= 15 is 0 Å². The fourth-order valence-electron chi connectivity index (χ4n) is 4.21. The van der Waals surface area contributed by atoms with Gasteiger partial charge in [0.15, 0.2) is 0 Å². The average Bonchev–Trinajstić information content (AvgIpc) is 2.89. The zero-order chi connectivity index (χ0) is 23.0. The molecule has 3 aromatic rings. The predicted octanol–water partition coefficient (Wildman–Crippen LogP) is 4.79. The Balaban J connectivity index is 1.99. The van der Waals surface area contributed by atoms with E-state index in [-0.39, 0.29) is 17.3 Å². The Labute approximate surface area is 186 Å². The van der Waals surface area contributed by atoms with Gasteiger partial charge in [-0.25, -0.2) is 0 Å². The molecule has 0 saturated carbocycles. The molecular weight excluding hydrogens is 400 g/mol. The Bertz CT molecular complexity index is 1300. The molecule has 32 heavy (non-hydrogen) atoms. The highest BCUT2D eigenvalue weighted by molar-refractivity contribution is 6.20. The third-order valence-electron chi connectivity index (χ3n) is 5.82. The zero-order valence-electron chi connectivity index (χ0n) is 18.2. The first-order valence-corrected chi connectivity index (χ1v) is 10.4. The van der Waals surface area contributed by atoms with Crippen molar-refractivity contribution in [2.45, 2.75) is 20.8 Å². The van der Waals surface area contributed by atoms with E-state index in [1.54, 1.807) is 36.2 Å². The predicted molar refractivity (Wildman–Crippen MR) is 128 cm³/mol. The van der Waals surface area contributed by atoms with Crippen molar-refractivity contribution in [1.29, 1.82) is 16.1 Å². The quantitative estimate of drug-likeness (QED) is 0.406. The van der Waals surface area contributed by atoms with Crippen LogP contribution in [0.3, 0.4) is 0 Å². The van der Waals surface area contributed by atoms with Crippen molar-refractivity contribution >= 4 is 28.7 Å². The van der Waals surface area contributed by atoms with Crippen LogP contribution in [0.15, 0.2) is 59.5 Å². The monoisotopic (exact) mass is 424 g/mol. The number of fused-ring (bicyclic) bond motifs is 1. The molecule has 0 spiro atoms. The van der Waals surface area contributed by atoms with E-state index in [1.165, 1.54) is 6.07 Å². The molecule has 4 rings (SSSR count). The number of nitriles is 1. The maximum Gasteiger partial charge on any atom is 0.247 e. The lowest BCUT2D eigenvalue weighted by Gasteiger charge is -2.30. The second-order valence-corrected chi connectivity index (χ2v) is 8.02. The van der Waals surface area contributed by atoms with Crippen LogP contribution in [0.5, 0.6) is 0 Å².